The molecular weight excluding hydrogens is 430 g/mol. The molecule has 0 unspecified atom stereocenters. The molecule has 0 saturated heterocycles. The highest BCUT2D eigenvalue weighted by molar-refractivity contribution is 6.00. The lowest BCUT2D eigenvalue weighted by Crippen LogP contribution is -2.23. The first-order valence-corrected chi connectivity index (χ1v) is 10.9. The fourth-order valence-electron chi connectivity index (χ4n) is 4.97. The molecule has 1 atom stereocenters. The minimum absolute atomic E-state index is 0.0911. The molecule has 0 aliphatic carbocycles. The van der Waals surface area contributed by atoms with Gasteiger partial charge in [0.05, 0.1) is 25.5 Å². The SMILES string of the molecule is COc1cc([C@@H]2c3c(c4ccccc4oc3=O)Nc3ccc4ccccc4c32)cc(OC)c1O. The van der Waals surface area contributed by atoms with Gasteiger partial charge < -0.3 is 24.3 Å². The second-order valence-corrected chi connectivity index (χ2v) is 8.25. The van der Waals surface area contributed by atoms with Gasteiger partial charge in [-0.25, -0.2) is 4.79 Å². The maximum absolute atomic E-state index is 13.5. The van der Waals surface area contributed by atoms with Gasteiger partial charge in [-0.3, -0.25) is 0 Å². The molecule has 6 nitrogen and oxygen atoms in total. The molecule has 1 aromatic heterocycles. The monoisotopic (exact) mass is 451 g/mol. The van der Waals surface area contributed by atoms with Gasteiger partial charge >= 0.3 is 5.63 Å². The Bertz CT molecular complexity index is 1630. The van der Waals surface area contributed by atoms with Crippen molar-refractivity contribution >= 4 is 33.1 Å². The third kappa shape index (κ3) is 2.85. The van der Waals surface area contributed by atoms with Crippen molar-refractivity contribution in [3.05, 3.63) is 99.9 Å². The van der Waals surface area contributed by atoms with Crippen molar-refractivity contribution in [1.82, 2.24) is 0 Å². The van der Waals surface area contributed by atoms with Gasteiger partial charge in [0.1, 0.15) is 5.58 Å². The number of benzene rings is 4. The maximum atomic E-state index is 13.5. The van der Waals surface area contributed by atoms with Crippen LogP contribution in [0.3, 0.4) is 0 Å². The molecule has 2 heterocycles. The van der Waals surface area contributed by atoms with Crippen LogP contribution in [0, 0.1) is 0 Å². The molecule has 1 aliphatic rings. The van der Waals surface area contributed by atoms with E-state index >= 15 is 0 Å². The lowest BCUT2D eigenvalue weighted by Gasteiger charge is -2.31. The first-order valence-electron chi connectivity index (χ1n) is 10.9. The Balaban J connectivity index is 1.76. The van der Waals surface area contributed by atoms with Crippen molar-refractivity contribution in [1.29, 1.82) is 0 Å². The summed E-state index contributed by atoms with van der Waals surface area (Å²) in [6.07, 6.45) is 0. The van der Waals surface area contributed by atoms with Gasteiger partial charge in [0.25, 0.3) is 0 Å². The highest BCUT2D eigenvalue weighted by Gasteiger charge is 2.34. The lowest BCUT2D eigenvalue weighted by molar-refractivity contribution is 0.339. The number of fused-ring (bicyclic) bond motifs is 6. The van der Waals surface area contributed by atoms with Gasteiger partial charge in [-0.15, -0.1) is 0 Å². The summed E-state index contributed by atoms with van der Waals surface area (Å²) in [5.41, 5.74) is 3.90. The average Bonchev–Trinajstić information content (AvgIpc) is 2.87. The minimum atomic E-state index is -0.485. The Morgan fingerprint density at radius 2 is 1.53 bits per heavy atom. The second-order valence-electron chi connectivity index (χ2n) is 8.25. The van der Waals surface area contributed by atoms with E-state index < -0.39 is 11.5 Å². The molecule has 0 fully saturated rings. The van der Waals surface area contributed by atoms with E-state index in [1.165, 1.54) is 14.2 Å². The molecule has 5 aromatic rings. The normalized spacial score (nSPS) is 14.4. The van der Waals surface area contributed by atoms with Gasteiger partial charge in [-0.2, -0.15) is 0 Å². The summed E-state index contributed by atoms with van der Waals surface area (Å²) < 4.78 is 16.6. The summed E-state index contributed by atoms with van der Waals surface area (Å²) in [6.45, 7) is 0. The predicted molar refractivity (Wildman–Crippen MR) is 132 cm³/mol. The Labute approximate surface area is 195 Å². The molecule has 6 heteroatoms. The molecule has 168 valence electrons. The van der Waals surface area contributed by atoms with E-state index in [1.807, 2.05) is 48.5 Å². The summed E-state index contributed by atoms with van der Waals surface area (Å²) in [4.78, 5) is 13.5. The summed E-state index contributed by atoms with van der Waals surface area (Å²) >= 11 is 0. The first-order chi connectivity index (χ1) is 16.6. The topological polar surface area (TPSA) is 80.9 Å². The highest BCUT2D eigenvalue weighted by Crippen LogP contribution is 2.50. The van der Waals surface area contributed by atoms with Gasteiger partial charge in [0.15, 0.2) is 11.5 Å². The molecule has 0 bridgehead atoms. The summed E-state index contributed by atoms with van der Waals surface area (Å²) in [7, 11) is 2.97. The van der Waals surface area contributed by atoms with E-state index in [1.54, 1.807) is 18.2 Å². The van der Waals surface area contributed by atoms with Gasteiger partial charge in [-0.05, 0) is 52.2 Å². The standard InChI is InChI=1S/C28H21NO5/c1-32-21-13-16(14-22(33-2)27(21)30)23-24-17-8-4-3-7-15(17)11-12-19(24)29-26-18-9-5-6-10-20(18)34-28(31)25(23)26/h3-14,23,29-30H,1-2H3/t23-/m0/s1. The van der Waals surface area contributed by atoms with Crippen molar-refractivity contribution in [2.24, 2.45) is 0 Å². The Morgan fingerprint density at radius 1 is 0.853 bits per heavy atom. The second kappa shape index (κ2) is 7.56. The summed E-state index contributed by atoms with van der Waals surface area (Å²) in [5.74, 6) is -0.0454. The molecule has 0 amide bonds. The molecular formula is C28H21NO5. The quantitative estimate of drug-likeness (QED) is 0.326. The number of phenolic OH excluding ortho intramolecular Hbond substituents is 1. The van der Waals surface area contributed by atoms with E-state index in [2.05, 4.69) is 11.4 Å². The van der Waals surface area contributed by atoms with Crippen molar-refractivity contribution in [2.75, 3.05) is 19.5 Å². The van der Waals surface area contributed by atoms with Gasteiger partial charge in [0.2, 0.25) is 5.75 Å². The smallest absolute Gasteiger partial charge is 0.342 e. The van der Waals surface area contributed by atoms with Gasteiger partial charge in [0, 0.05) is 17.0 Å². The molecule has 0 spiro atoms. The number of aromatic hydroxyl groups is 1. The molecule has 0 radical (unpaired) electrons. The predicted octanol–water partition coefficient (Wildman–Crippen LogP) is 5.91. The number of rotatable bonds is 3. The third-order valence-electron chi connectivity index (χ3n) is 6.49. The molecule has 2 N–H and O–H groups in total. The Morgan fingerprint density at radius 3 is 2.26 bits per heavy atom. The lowest BCUT2D eigenvalue weighted by atomic mass is 9.79. The van der Waals surface area contributed by atoms with E-state index in [0.717, 1.165) is 33.0 Å². The molecule has 0 saturated carbocycles. The zero-order valence-electron chi connectivity index (χ0n) is 18.6. The first kappa shape index (κ1) is 20.2. The van der Waals surface area contributed by atoms with E-state index in [4.69, 9.17) is 13.9 Å². The number of para-hydroxylation sites is 1. The number of nitrogens with one attached hydrogen (secondary N) is 1. The van der Waals surface area contributed by atoms with E-state index in [0.29, 0.717) is 16.8 Å². The van der Waals surface area contributed by atoms with Crippen LogP contribution in [0.25, 0.3) is 21.7 Å². The average molecular weight is 451 g/mol. The Hall–Kier alpha value is -4.45. The van der Waals surface area contributed by atoms with Crippen molar-refractivity contribution < 1.29 is 19.0 Å². The summed E-state index contributed by atoms with van der Waals surface area (Å²) in [5, 5.41) is 16.9. The van der Waals surface area contributed by atoms with Crippen LogP contribution < -0.4 is 20.4 Å². The molecule has 34 heavy (non-hydrogen) atoms. The Kier molecular flexibility index (Phi) is 4.48. The number of hydrogen-bond donors (Lipinski definition) is 2. The largest absolute Gasteiger partial charge is 0.502 e. The van der Waals surface area contributed by atoms with Gasteiger partial charge in [-0.1, -0.05) is 42.5 Å². The number of methoxy groups -OCH3 is 2. The van der Waals surface area contributed by atoms with Crippen LogP contribution in [-0.2, 0) is 0 Å². The van der Waals surface area contributed by atoms with Crippen molar-refractivity contribution in [2.45, 2.75) is 5.92 Å². The zero-order chi connectivity index (χ0) is 23.4. The molecule has 1 aliphatic heterocycles. The number of hydrogen-bond acceptors (Lipinski definition) is 6. The molecule has 4 aromatic carbocycles. The highest BCUT2D eigenvalue weighted by atomic mass is 16.5. The number of ether oxygens (including phenoxy) is 2. The third-order valence-corrected chi connectivity index (χ3v) is 6.49. The van der Waals surface area contributed by atoms with E-state index in [-0.39, 0.29) is 17.2 Å². The fourth-order valence-corrected chi connectivity index (χ4v) is 4.97. The van der Waals surface area contributed by atoms with Crippen molar-refractivity contribution in [3.63, 3.8) is 0 Å². The summed E-state index contributed by atoms with van der Waals surface area (Å²) in [6, 6.07) is 23.1. The number of phenols is 1. The number of anilines is 2. The minimum Gasteiger partial charge on any atom is -0.502 e. The van der Waals surface area contributed by atoms with Crippen LogP contribution in [0.1, 0.15) is 22.6 Å². The van der Waals surface area contributed by atoms with Crippen LogP contribution in [0.5, 0.6) is 17.2 Å². The van der Waals surface area contributed by atoms with Crippen LogP contribution in [-0.4, -0.2) is 19.3 Å². The van der Waals surface area contributed by atoms with Crippen LogP contribution >= 0.6 is 0 Å². The van der Waals surface area contributed by atoms with Crippen LogP contribution in [0.15, 0.2) is 82.0 Å². The fraction of sp³-hybridized carbons (Fsp3) is 0.107. The maximum Gasteiger partial charge on any atom is 0.342 e. The molecule has 6 rings (SSSR count). The van der Waals surface area contributed by atoms with Crippen LogP contribution in [0.2, 0.25) is 0 Å². The van der Waals surface area contributed by atoms with Crippen molar-refractivity contribution in [3.8, 4) is 17.2 Å². The van der Waals surface area contributed by atoms with Crippen LogP contribution in [0.4, 0.5) is 11.4 Å². The zero-order valence-corrected chi connectivity index (χ0v) is 18.6. The van der Waals surface area contributed by atoms with E-state index in [9.17, 15) is 9.90 Å².